The van der Waals surface area contributed by atoms with Crippen molar-refractivity contribution in [3.8, 4) is 0 Å². The van der Waals surface area contributed by atoms with Crippen LogP contribution in [0.15, 0.2) is 103 Å². The van der Waals surface area contributed by atoms with Gasteiger partial charge in [0.1, 0.15) is 5.76 Å². The van der Waals surface area contributed by atoms with Gasteiger partial charge < -0.3 is 9.84 Å². The summed E-state index contributed by atoms with van der Waals surface area (Å²) in [4.78, 5) is 46.5. The Bertz CT molecular complexity index is 2030. The molecule has 6 rings (SSSR count). The summed E-state index contributed by atoms with van der Waals surface area (Å²) in [5.74, 6) is 5.01. The second-order valence-electron chi connectivity index (χ2n) is 11.3. The van der Waals surface area contributed by atoms with Gasteiger partial charge in [-0.1, -0.05) is 60.0 Å². The van der Waals surface area contributed by atoms with Crippen molar-refractivity contribution in [1.29, 1.82) is 0 Å². The molecule has 5 aromatic rings. The largest absolute Gasteiger partial charge is 0.481 e. The van der Waals surface area contributed by atoms with Crippen LogP contribution in [0.4, 0.5) is 5.69 Å². The minimum atomic E-state index is -0.919. The normalized spacial score (nSPS) is 11.6. The number of hydrogen-bond acceptors (Lipinski definition) is 6. The number of carbonyl (C=O) groups excluding carboxylic acids is 3. The van der Waals surface area contributed by atoms with Crippen LogP contribution in [0.1, 0.15) is 63.9 Å². The first-order valence-electron chi connectivity index (χ1n) is 15.2. The molecule has 0 saturated heterocycles. The van der Waals surface area contributed by atoms with Gasteiger partial charge in [-0.15, -0.1) is 0 Å². The molecule has 0 saturated carbocycles. The standard InChI is InChI=1S/C19H16ClNO3.C14H13ClN2O.C5H6O2.CH4/c1-11-3-8-17-16(9-11)15(10-18(22)23)12(2)21(17)19(24)13-4-6-14(20)7-5-13;1-10-2-8-13(9-3-10)17(16)14(18)11-4-6-12(15)7-5-11;1-4-2-3-5(6)7-4;/h3-9H,10H2,1-2H3,(H,22,23);2-9H,16H2,1H3;2H,3H2,1H3;1H4. The first-order chi connectivity index (χ1) is 23.2. The highest BCUT2D eigenvalue weighted by Gasteiger charge is 2.21. The van der Waals surface area contributed by atoms with Gasteiger partial charge in [0.25, 0.3) is 11.8 Å². The molecule has 0 bridgehead atoms. The Balaban J connectivity index is 0.000000228. The van der Waals surface area contributed by atoms with Crippen molar-refractivity contribution in [2.75, 3.05) is 5.01 Å². The molecule has 4 aromatic carbocycles. The highest BCUT2D eigenvalue weighted by Crippen LogP contribution is 2.29. The number of carboxylic acids is 1. The minimum Gasteiger partial charge on any atom is -0.481 e. The first kappa shape index (κ1) is 39.2. The van der Waals surface area contributed by atoms with Crippen molar-refractivity contribution < 1.29 is 29.0 Å². The number of rotatable bonds is 5. The molecule has 2 heterocycles. The number of allylic oxidation sites excluding steroid dienone is 1. The highest BCUT2D eigenvalue weighted by atomic mass is 35.5. The highest BCUT2D eigenvalue weighted by molar-refractivity contribution is 6.31. The number of carboxylic acid groups (broad SMARTS) is 1. The molecule has 0 aliphatic carbocycles. The molecule has 260 valence electrons. The number of fused-ring (bicyclic) bond motifs is 1. The topological polar surface area (TPSA) is 132 Å². The van der Waals surface area contributed by atoms with E-state index in [4.69, 9.17) is 29.0 Å². The van der Waals surface area contributed by atoms with E-state index in [2.05, 4.69) is 4.74 Å². The lowest BCUT2D eigenvalue weighted by atomic mass is 10.1. The average molecular weight is 717 g/mol. The number of cyclic esters (lactones) is 1. The Morgan fingerprint density at radius 3 is 1.84 bits per heavy atom. The maximum absolute atomic E-state index is 12.9. The summed E-state index contributed by atoms with van der Waals surface area (Å²) in [5.41, 5.74) is 5.83. The number of aromatic nitrogens is 1. The average Bonchev–Trinajstić information content (AvgIpc) is 3.58. The number of benzene rings is 4. The van der Waals surface area contributed by atoms with E-state index in [1.54, 1.807) is 73.0 Å². The molecular formula is C39H39Cl2N3O6. The number of carbonyl (C=O) groups is 4. The van der Waals surface area contributed by atoms with Crippen LogP contribution >= 0.6 is 23.2 Å². The smallest absolute Gasteiger partial charge is 0.314 e. The summed E-state index contributed by atoms with van der Waals surface area (Å²) in [6, 6.07) is 26.4. The number of halogens is 2. The monoisotopic (exact) mass is 715 g/mol. The Kier molecular flexibility index (Phi) is 13.7. The van der Waals surface area contributed by atoms with E-state index in [0.29, 0.717) is 50.1 Å². The number of nitrogens with two attached hydrogens (primary N) is 1. The lowest BCUT2D eigenvalue weighted by Crippen LogP contribution is -2.37. The molecule has 1 aliphatic heterocycles. The number of amides is 1. The van der Waals surface area contributed by atoms with Gasteiger partial charge in [-0.2, -0.15) is 0 Å². The summed E-state index contributed by atoms with van der Waals surface area (Å²) in [5, 5.41) is 12.3. The molecular weight excluding hydrogens is 677 g/mol. The van der Waals surface area contributed by atoms with Crippen LogP contribution < -0.4 is 10.9 Å². The maximum atomic E-state index is 12.9. The minimum absolute atomic E-state index is 0. The van der Waals surface area contributed by atoms with E-state index in [1.165, 1.54) is 0 Å². The van der Waals surface area contributed by atoms with Crippen molar-refractivity contribution in [2.24, 2.45) is 5.84 Å². The lowest BCUT2D eigenvalue weighted by Gasteiger charge is -2.16. The van der Waals surface area contributed by atoms with Crippen LogP contribution in [0.2, 0.25) is 10.0 Å². The van der Waals surface area contributed by atoms with E-state index >= 15 is 0 Å². The van der Waals surface area contributed by atoms with Crippen molar-refractivity contribution in [2.45, 2.75) is 48.0 Å². The number of aryl methyl sites for hydroxylation is 2. The van der Waals surface area contributed by atoms with Crippen molar-refractivity contribution in [3.05, 3.63) is 146 Å². The van der Waals surface area contributed by atoms with Crippen LogP contribution in [-0.2, 0) is 20.7 Å². The predicted molar refractivity (Wildman–Crippen MR) is 199 cm³/mol. The van der Waals surface area contributed by atoms with Gasteiger partial charge >= 0.3 is 11.9 Å². The summed E-state index contributed by atoms with van der Waals surface area (Å²) in [6.45, 7) is 7.47. The fraction of sp³-hybridized carbons (Fsp3) is 0.179. The van der Waals surface area contributed by atoms with Crippen LogP contribution in [0.25, 0.3) is 10.9 Å². The van der Waals surface area contributed by atoms with Crippen molar-refractivity contribution in [1.82, 2.24) is 4.57 Å². The summed E-state index contributed by atoms with van der Waals surface area (Å²) < 4.78 is 6.16. The maximum Gasteiger partial charge on any atom is 0.314 e. The van der Waals surface area contributed by atoms with Crippen LogP contribution in [0, 0.1) is 20.8 Å². The molecule has 3 N–H and O–H groups in total. The Labute approximate surface area is 301 Å². The predicted octanol–water partition coefficient (Wildman–Crippen LogP) is 8.87. The quantitative estimate of drug-likeness (QED) is 0.0804. The van der Waals surface area contributed by atoms with Crippen molar-refractivity contribution in [3.63, 3.8) is 0 Å². The number of aliphatic carboxylic acids is 1. The van der Waals surface area contributed by atoms with Crippen LogP contribution in [-0.4, -0.2) is 33.4 Å². The van der Waals surface area contributed by atoms with Gasteiger partial charge in [0.05, 0.1) is 24.0 Å². The fourth-order valence-corrected chi connectivity index (χ4v) is 5.25. The number of nitrogens with zero attached hydrogens (tertiary/aromatic N) is 2. The van der Waals surface area contributed by atoms with E-state index in [0.717, 1.165) is 27.3 Å². The van der Waals surface area contributed by atoms with Gasteiger partial charge in [-0.05, 0) is 112 Å². The Morgan fingerprint density at radius 2 is 1.36 bits per heavy atom. The molecule has 1 aromatic heterocycles. The molecule has 0 unspecified atom stereocenters. The molecule has 0 radical (unpaired) electrons. The number of hydrogen-bond donors (Lipinski definition) is 2. The lowest BCUT2D eigenvalue weighted by molar-refractivity contribution is -0.137. The fourth-order valence-electron chi connectivity index (χ4n) is 5.00. The van der Waals surface area contributed by atoms with E-state index in [9.17, 15) is 24.3 Å². The second-order valence-corrected chi connectivity index (χ2v) is 12.2. The first-order valence-corrected chi connectivity index (χ1v) is 15.9. The number of anilines is 1. The number of esters is 1. The molecule has 9 nitrogen and oxygen atoms in total. The van der Waals surface area contributed by atoms with Gasteiger partial charge in [0.2, 0.25) is 0 Å². The van der Waals surface area contributed by atoms with Gasteiger partial charge in [0.15, 0.2) is 0 Å². The zero-order valence-electron chi connectivity index (χ0n) is 27.4. The molecule has 50 heavy (non-hydrogen) atoms. The van der Waals surface area contributed by atoms with Crippen LogP contribution in [0.5, 0.6) is 0 Å². The molecule has 1 aliphatic rings. The zero-order chi connectivity index (χ0) is 35.8. The van der Waals surface area contributed by atoms with Crippen LogP contribution in [0.3, 0.4) is 0 Å². The number of ether oxygens (including phenoxy) is 1. The molecule has 11 heteroatoms. The third-order valence-electron chi connectivity index (χ3n) is 7.57. The Morgan fingerprint density at radius 1 is 0.820 bits per heavy atom. The van der Waals surface area contributed by atoms with E-state index < -0.39 is 5.97 Å². The Hall–Kier alpha value is -5.22. The molecule has 1 amide bonds. The van der Waals surface area contributed by atoms with Gasteiger partial charge in [0, 0.05) is 32.3 Å². The summed E-state index contributed by atoms with van der Waals surface area (Å²) in [6.07, 6.45) is 2.10. The van der Waals surface area contributed by atoms with E-state index in [1.807, 2.05) is 56.3 Å². The van der Waals surface area contributed by atoms with Gasteiger partial charge in [-0.3, -0.25) is 23.7 Å². The molecule has 0 atom stereocenters. The summed E-state index contributed by atoms with van der Waals surface area (Å²) >= 11 is 11.7. The zero-order valence-corrected chi connectivity index (χ0v) is 28.9. The third kappa shape index (κ3) is 9.92. The molecule has 0 fully saturated rings. The van der Waals surface area contributed by atoms with Crippen molar-refractivity contribution >= 4 is 63.5 Å². The summed E-state index contributed by atoms with van der Waals surface area (Å²) in [7, 11) is 0. The number of hydrazine groups is 1. The third-order valence-corrected chi connectivity index (χ3v) is 8.07. The van der Waals surface area contributed by atoms with Gasteiger partial charge in [-0.25, -0.2) is 10.9 Å². The molecule has 0 spiro atoms. The SMILES string of the molecule is C.CC1=CCC(=O)O1.Cc1ccc(N(N)C(=O)c2ccc(Cl)cc2)cc1.Cc1ccc2c(c1)c(CC(=O)O)c(C)n2C(=O)c1ccc(Cl)cc1. The second kappa shape index (κ2) is 17.4. The van der Waals surface area contributed by atoms with E-state index in [-0.39, 0.29) is 31.6 Å².